The van der Waals surface area contributed by atoms with Crippen molar-refractivity contribution in [2.45, 2.75) is 38.6 Å². The SMILES string of the molecule is CC(C)(C)NCC(Cc1ccc(Br)cn1)c1ccccc1. The van der Waals surface area contributed by atoms with E-state index in [0.29, 0.717) is 5.92 Å². The van der Waals surface area contributed by atoms with Gasteiger partial charge in [0.1, 0.15) is 0 Å². The molecule has 0 spiro atoms. The van der Waals surface area contributed by atoms with Crippen molar-refractivity contribution in [3.05, 3.63) is 64.4 Å². The van der Waals surface area contributed by atoms with Gasteiger partial charge in [-0.1, -0.05) is 30.3 Å². The molecule has 0 saturated heterocycles. The molecule has 112 valence electrons. The van der Waals surface area contributed by atoms with Gasteiger partial charge in [0.2, 0.25) is 0 Å². The lowest BCUT2D eigenvalue weighted by molar-refractivity contribution is 0.404. The molecule has 1 unspecified atom stereocenters. The molecule has 0 aliphatic rings. The number of benzene rings is 1. The molecule has 1 atom stereocenters. The van der Waals surface area contributed by atoms with Crippen LogP contribution in [0.25, 0.3) is 0 Å². The summed E-state index contributed by atoms with van der Waals surface area (Å²) in [5, 5.41) is 3.62. The van der Waals surface area contributed by atoms with Crippen LogP contribution < -0.4 is 5.32 Å². The second-order valence-electron chi connectivity index (χ2n) is 6.41. The van der Waals surface area contributed by atoms with Crippen LogP contribution in [0.3, 0.4) is 0 Å². The highest BCUT2D eigenvalue weighted by Gasteiger charge is 2.16. The van der Waals surface area contributed by atoms with Gasteiger partial charge in [0.15, 0.2) is 0 Å². The Balaban J connectivity index is 2.13. The summed E-state index contributed by atoms with van der Waals surface area (Å²) in [6.45, 7) is 7.55. The van der Waals surface area contributed by atoms with Gasteiger partial charge in [-0.25, -0.2) is 0 Å². The summed E-state index contributed by atoms with van der Waals surface area (Å²) in [5.74, 6) is 0.430. The van der Waals surface area contributed by atoms with E-state index in [2.05, 4.69) is 89.5 Å². The Bertz CT molecular complexity index is 544. The zero-order valence-electron chi connectivity index (χ0n) is 12.9. The molecule has 1 heterocycles. The Morgan fingerprint density at radius 3 is 2.38 bits per heavy atom. The fourth-order valence-electron chi connectivity index (χ4n) is 2.24. The van der Waals surface area contributed by atoms with Gasteiger partial charge in [-0.3, -0.25) is 4.98 Å². The Labute approximate surface area is 136 Å². The van der Waals surface area contributed by atoms with E-state index in [1.165, 1.54) is 5.56 Å². The zero-order valence-corrected chi connectivity index (χ0v) is 14.5. The fourth-order valence-corrected chi connectivity index (χ4v) is 2.48. The summed E-state index contributed by atoms with van der Waals surface area (Å²) in [6.07, 6.45) is 2.81. The fraction of sp³-hybridized carbons (Fsp3) is 0.389. The van der Waals surface area contributed by atoms with E-state index in [9.17, 15) is 0 Å². The Morgan fingerprint density at radius 2 is 1.81 bits per heavy atom. The smallest absolute Gasteiger partial charge is 0.0413 e. The van der Waals surface area contributed by atoms with E-state index in [4.69, 9.17) is 0 Å². The number of aromatic nitrogens is 1. The van der Waals surface area contributed by atoms with Crippen molar-refractivity contribution in [1.82, 2.24) is 10.3 Å². The maximum absolute atomic E-state index is 4.51. The number of pyridine rings is 1. The minimum absolute atomic E-state index is 0.125. The van der Waals surface area contributed by atoms with Crippen molar-refractivity contribution in [2.24, 2.45) is 0 Å². The highest BCUT2D eigenvalue weighted by Crippen LogP contribution is 2.21. The molecular weight excluding hydrogens is 324 g/mol. The number of nitrogens with zero attached hydrogens (tertiary/aromatic N) is 1. The summed E-state index contributed by atoms with van der Waals surface area (Å²) < 4.78 is 1.02. The summed E-state index contributed by atoms with van der Waals surface area (Å²) in [7, 11) is 0. The van der Waals surface area contributed by atoms with E-state index < -0.39 is 0 Å². The molecule has 2 rings (SSSR count). The van der Waals surface area contributed by atoms with Crippen molar-refractivity contribution in [3.63, 3.8) is 0 Å². The molecule has 2 aromatic rings. The molecule has 0 aliphatic carbocycles. The molecule has 2 nitrogen and oxygen atoms in total. The Hall–Kier alpha value is -1.19. The lowest BCUT2D eigenvalue weighted by Crippen LogP contribution is -2.39. The summed E-state index contributed by atoms with van der Waals surface area (Å²) in [4.78, 5) is 4.51. The van der Waals surface area contributed by atoms with E-state index in [1.807, 2.05) is 6.20 Å². The van der Waals surface area contributed by atoms with Gasteiger partial charge >= 0.3 is 0 Å². The van der Waals surface area contributed by atoms with Crippen LogP contribution in [0.4, 0.5) is 0 Å². The highest BCUT2D eigenvalue weighted by atomic mass is 79.9. The third-order valence-electron chi connectivity index (χ3n) is 3.39. The van der Waals surface area contributed by atoms with Crippen LogP contribution in [0.1, 0.15) is 37.9 Å². The number of halogens is 1. The Morgan fingerprint density at radius 1 is 1.10 bits per heavy atom. The van der Waals surface area contributed by atoms with Gasteiger partial charge in [-0.2, -0.15) is 0 Å². The average Bonchev–Trinajstić information content (AvgIpc) is 2.45. The van der Waals surface area contributed by atoms with Gasteiger partial charge in [0.25, 0.3) is 0 Å². The quantitative estimate of drug-likeness (QED) is 0.858. The lowest BCUT2D eigenvalue weighted by Gasteiger charge is -2.25. The third kappa shape index (κ3) is 5.60. The standard InChI is InChI=1S/C18H23BrN2/c1-18(2,3)21-12-15(14-7-5-4-6-8-14)11-17-10-9-16(19)13-20-17/h4-10,13,15,21H,11-12H2,1-3H3. The predicted octanol–water partition coefficient (Wildman–Crippen LogP) is 4.56. The maximum atomic E-state index is 4.51. The molecule has 1 aromatic carbocycles. The van der Waals surface area contributed by atoms with Crippen LogP contribution in [0.15, 0.2) is 53.1 Å². The van der Waals surface area contributed by atoms with E-state index >= 15 is 0 Å². The van der Waals surface area contributed by atoms with Crippen LogP contribution >= 0.6 is 15.9 Å². The average molecular weight is 347 g/mol. The summed E-state index contributed by atoms with van der Waals surface area (Å²) in [6, 6.07) is 14.8. The number of hydrogen-bond acceptors (Lipinski definition) is 2. The second kappa shape index (κ2) is 7.19. The van der Waals surface area contributed by atoms with Gasteiger partial charge in [-0.05, 0) is 60.8 Å². The summed E-state index contributed by atoms with van der Waals surface area (Å²) >= 11 is 3.44. The molecule has 0 aliphatic heterocycles. The molecule has 0 saturated carbocycles. The normalized spacial score (nSPS) is 13.1. The monoisotopic (exact) mass is 346 g/mol. The van der Waals surface area contributed by atoms with E-state index in [1.54, 1.807) is 0 Å². The van der Waals surface area contributed by atoms with Crippen molar-refractivity contribution >= 4 is 15.9 Å². The van der Waals surface area contributed by atoms with Crippen LogP contribution in [0.2, 0.25) is 0 Å². The number of rotatable bonds is 5. The molecule has 1 aromatic heterocycles. The van der Waals surface area contributed by atoms with E-state index in [0.717, 1.165) is 23.1 Å². The summed E-state index contributed by atoms with van der Waals surface area (Å²) in [5.41, 5.74) is 2.61. The zero-order chi connectivity index (χ0) is 15.3. The molecule has 0 bridgehead atoms. The lowest BCUT2D eigenvalue weighted by atomic mass is 9.93. The second-order valence-corrected chi connectivity index (χ2v) is 7.33. The van der Waals surface area contributed by atoms with Crippen molar-refractivity contribution in [1.29, 1.82) is 0 Å². The van der Waals surface area contributed by atoms with Crippen molar-refractivity contribution < 1.29 is 0 Å². The molecule has 0 radical (unpaired) electrons. The highest BCUT2D eigenvalue weighted by molar-refractivity contribution is 9.10. The van der Waals surface area contributed by atoms with Gasteiger partial charge < -0.3 is 5.32 Å². The van der Waals surface area contributed by atoms with Gasteiger partial charge in [0, 0.05) is 34.4 Å². The number of nitrogens with one attached hydrogen (secondary N) is 1. The third-order valence-corrected chi connectivity index (χ3v) is 3.86. The van der Waals surface area contributed by atoms with Crippen LogP contribution in [0, 0.1) is 0 Å². The first-order chi connectivity index (χ1) is 9.94. The molecule has 1 N–H and O–H groups in total. The molecule has 0 amide bonds. The molecular formula is C18H23BrN2. The first-order valence-corrected chi connectivity index (χ1v) is 8.14. The minimum Gasteiger partial charge on any atom is -0.311 e. The molecule has 0 fully saturated rings. The molecule has 3 heteroatoms. The van der Waals surface area contributed by atoms with Crippen LogP contribution in [-0.4, -0.2) is 17.1 Å². The van der Waals surface area contributed by atoms with Gasteiger partial charge in [0.05, 0.1) is 0 Å². The van der Waals surface area contributed by atoms with E-state index in [-0.39, 0.29) is 5.54 Å². The molecule has 21 heavy (non-hydrogen) atoms. The van der Waals surface area contributed by atoms with Gasteiger partial charge in [-0.15, -0.1) is 0 Å². The minimum atomic E-state index is 0.125. The maximum Gasteiger partial charge on any atom is 0.0413 e. The van der Waals surface area contributed by atoms with Crippen molar-refractivity contribution in [2.75, 3.05) is 6.54 Å². The number of hydrogen-bond donors (Lipinski definition) is 1. The Kier molecular flexibility index (Phi) is 5.54. The predicted molar refractivity (Wildman–Crippen MR) is 92.6 cm³/mol. The van der Waals surface area contributed by atoms with Crippen LogP contribution in [-0.2, 0) is 6.42 Å². The van der Waals surface area contributed by atoms with Crippen molar-refractivity contribution in [3.8, 4) is 0 Å². The largest absolute Gasteiger partial charge is 0.311 e. The first-order valence-electron chi connectivity index (χ1n) is 7.34. The van der Waals surface area contributed by atoms with Crippen LogP contribution in [0.5, 0.6) is 0 Å². The topological polar surface area (TPSA) is 24.9 Å². The first kappa shape index (κ1) is 16.2.